The molecule has 0 fully saturated rings. The number of fused-ring (bicyclic) bond motifs is 1. The minimum atomic E-state index is 0. The number of aromatic nitrogens is 1. The molecule has 0 radical (unpaired) electrons. The van der Waals surface area contributed by atoms with Crippen LogP contribution >= 0.6 is 24.0 Å². The quantitative estimate of drug-likeness (QED) is 0.281. The van der Waals surface area contributed by atoms with Gasteiger partial charge in [-0.05, 0) is 51.3 Å². The van der Waals surface area contributed by atoms with Crippen LogP contribution in [0.4, 0.5) is 0 Å². The number of H-pyrrole nitrogens is 1. The Labute approximate surface area is 185 Å². The van der Waals surface area contributed by atoms with Gasteiger partial charge >= 0.3 is 0 Å². The third-order valence-electron chi connectivity index (χ3n) is 4.74. The van der Waals surface area contributed by atoms with Gasteiger partial charge in [-0.2, -0.15) is 0 Å². The van der Waals surface area contributed by atoms with Gasteiger partial charge in [0, 0.05) is 49.7 Å². The molecule has 6 nitrogen and oxygen atoms in total. The molecular weight excluding hydrogens is 465 g/mol. The molecule has 0 bridgehead atoms. The number of nitrogens with one attached hydrogen (secondary N) is 3. The summed E-state index contributed by atoms with van der Waals surface area (Å²) < 4.78 is 0. The van der Waals surface area contributed by atoms with E-state index in [0.717, 1.165) is 38.6 Å². The maximum atomic E-state index is 12.1. The highest BCUT2D eigenvalue weighted by molar-refractivity contribution is 14.0. The molecule has 28 heavy (non-hydrogen) atoms. The highest BCUT2D eigenvalue weighted by Crippen LogP contribution is 2.22. The van der Waals surface area contributed by atoms with Crippen LogP contribution in [0.2, 0.25) is 0 Å². The molecule has 1 aromatic carbocycles. The lowest BCUT2D eigenvalue weighted by molar-refractivity contribution is -0.130. The number of aryl methyl sites for hydroxylation is 1. The molecule has 0 saturated carbocycles. The number of guanidine groups is 1. The fraction of sp³-hybridized carbons (Fsp3) is 0.524. The van der Waals surface area contributed by atoms with Crippen LogP contribution in [0, 0.1) is 6.92 Å². The predicted molar refractivity (Wildman–Crippen MR) is 129 cm³/mol. The molecule has 0 spiro atoms. The molecule has 156 valence electrons. The van der Waals surface area contributed by atoms with Crippen LogP contribution in [0.1, 0.15) is 38.3 Å². The standard InChI is InChI=1S/C21H33N5O.HI/c1-5-22-21(24-14-12-19(27)26(6-2)7-3)23-13-11-17-15-25-18-10-8-9-16(4)20(17)18;/h8-10,15,25H,5-7,11-14H2,1-4H3,(H2,22,23,24);1H. The number of hydrogen-bond donors (Lipinski definition) is 3. The van der Waals surface area contributed by atoms with Gasteiger partial charge in [-0.3, -0.25) is 9.79 Å². The highest BCUT2D eigenvalue weighted by Gasteiger charge is 2.09. The first-order valence-electron chi connectivity index (χ1n) is 9.96. The van der Waals surface area contributed by atoms with E-state index in [-0.39, 0.29) is 29.9 Å². The summed E-state index contributed by atoms with van der Waals surface area (Å²) in [4.78, 5) is 21.8. The summed E-state index contributed by atoms with van der Waals surface area (Å²) >= 11 is 0. The van der Waals surface area contributed by atoms with Crippen molar-refractivity contribution in [3.63, 3.8) is 0 Å². The fourth-order valence-corrected chi connectivity index (χ4v) is 3.30. The van der Waals surface area contributed by atoms with E-state index in [2.05, 4.69) is 51.9 Å². The van der Waals surface area contributed by atoms with Crippen LogP contribution in [0.3, 0.4) is 0 Å². The predicted octanol–water partition coefficient (Wildman–Crippen LogP) is 3.45. The first-order chi connectivity index (χ1) is 13.1. The molecular formula is C21H34IN5O. The van der Waals surface area contributed by atoms with Crippen LogP contribution in [0.5, 0.6) is 0 Å². The third kappa shape index (κ3) is 6.68. The summed E-state index contributed by atoms with van der Waals surface area (Å²) in [6.45, 7) is 11.8. The molecule has 0 aliphatic rings. The topological polar surface area (TPSA) is 72.5 Å². The van der Waals surface area contributed by atoms with Crippen LogP contribution in [0.25, 0.3) is 10.9 Å². The molecule has 0 atom stereocenters. The maximum Gasteiger partial charge on any atom is 0.224 e. The van der Waals surface area contributed by atoms with Crippen molar-refractivity contribution in [2.45, 2.75) is 40.5 Å². The summed E-state index contributed by atoms with van der Waals surface area (Å²) in [5, 5.41) is 7.93. The zero-order valence-corrected chi connectivity index (χ0v) is 19.8. The van der Waals surface area contributed by atoms with E-state index in [9.17, 15) is 4.79 Å². The number of carbonyl (C=O) groups excluding carboxylic acids is 1. The van der Waals surface area contributed by atoms with Crippen molar-refractivity contribution in [3.8, 4) is 0 Å². The lowest BCUT2D eigenvalue weighted by Crippen LogP contribution is -2.38. The van der Waals surface area contributed by atoms with E-state index in [0.29, 0.717) is 13.0 Å². The van der Waals surface area contributed by atoms with Crippen molar-refractivity contribution >= 4 is 46.7 Å². The monoisotopic (exact) mass is 499 g/mol. The second-order valence-corrected chi connectivity index (χ2v) is 6.56. The van der Waals surface area contributed by atoms with Gasteiger partial charge < -0.3 is 20.5 Å². The van der Waals surface area contributed by atoms with Gasteiger partial charge in [-0.25, -0.2) is 0 Å². The van der Waals surface area contributed by atoms with E-state index >= 15 is 0 Å². The molecule has 2 aromatic rings. The number of rotatable bonds is 9. The van der Waals surface area contributed by atoms with Crippen molar-refractivity contribution in [2.24, 2.45) is 4.99 Å². The van der Waals surface area contributed by atoms with Crippen LogP contribution < -0.4 is 10.6 Å². The molecule has 0 unspecified atom stereocenters. The van der Waals surface area contributed by atoms with Gasteiger partial charge in [-0.15, -0.1) is 24.0 Å². The summed E-state index contributed by atoms with van der Waals surface area (Å²) in [5.41, 5.74) is 3.78. The summed E-state index contributed by atoms with van der Waals surface area (Å²) in [6.07, 6.45) is 3.44. The smallest absolute Gasteiger partial charge is 0.224 e. The van der Waals surface area contributed by atoms with Crippen LogP contribution in [-0.2, 0) is 11.2 Å². The number of amides is 1. The van der Waals surface area contributed by atoms with Gasteiger partial charge in [0.05, 0.1) is 6.54 Å². The number of aliphatic imine (C=N–C) groups is 1. The number of carbonyl (C=O) groups is 1. The number of aromatic amines is 1. The highest BCUT2D eigenvalue weighted by atomic mass is 127. The summed E-state index contributed by atoms with van der Waals surface area (Å²) in [7, 11) is 0. The summed E-state index contributed by atoms with van der Waals surface area (Å²) in [5.74, 6) is 0.926. The Kier molecular flexibility index (Phi) is 11.0. The van der Waals surface area contributed by atoms with Gasteiger partial charge in [0.15, 0.2) is 5.96 Å². The lowest BCUT2D eigenvalue weighted by atomic mass is 10.1. The first-order valence-corrected chi connectivity index (χ1v) is 9.96. The zero-order valence-electron chi connectivity index (χ0n) is 17.5. The average molecular weight is 499 g/mol. The second-order valence-electron chi connectivity index (χ2n) is 6.56. The third-order valence-corrected chi connectivity index (χ3v) is 4.74. The second kappa shape index (κ2) is 12.6. The SMILES string of the molecule is CCNC(=NCCC(=O)N(CC)CC)NCCc1c[nH]c2cccc(C)c12.I. The van der Waals surface area contributed by atoms with Crippen molar-refractivity contribution < 1.29 is 4.79 Å². The largest absolute Gasteiger partial charge is 0.361 e. The molecule has 2 rings (SSSR count). The van der Waals surface area contributed by atoms with Crippen LogP contribution in [0.15, 0.2) is 29.4 Å². The Balaban J connectivity index is 0.00000392. The van der Waals surface area contributed by atoms with E-state index in [1.165, 1.54) is 22.0 Å². The number of hydrogen-bond acceptors (Lipinski definition) is 2. The Bertz CT molecular complexity index is 767. The van der Waals surface area contributed by atoms with E-state index < -0.39 is 0 Å². The molecule has 1 heterocycles. The lowest BCUT2D eigenvalue weighted by Gasteiger charge is -2.18. The van der Waals surface area contributed by atoms with Gasteiger partial charge in [0.1, 0.15) is 0 Å². The Morgan fingerprint density at radius 2 is 1.93 bits per heavy atom. The number of nitrogens with zero attached hydrogens (tertiary/aromatic N) is 2. The molecule has 0 aliphatic carbocycles. The Hall–Kier alpha value is -1.77. The van der Waals surface area contributed by atoms with Crippen LogP contribution in [-0.4, -0.2) is 54.5 Å². The van der Waals surface area contributed by atoms with Crippen molar-refractivity contribution in [1.82, 2.24) is 20.5 Å². The number of halogens is 1. The van der Waals surface area contributed by atoms with Crippen molar-refractivity contribution in [2.75, 3.05) is 32.7 Å². The molecule has 0 aliphatic heterocycles. The van der Waals surface area contributed by atoms with E-state index in [1.54, 1.807) is 0 Å². The van der Waals surface area contributed by atoms with Crippen molar-refractivity contribution in [1.29, 1.82) is 0 Å². The average Bonchev–Trinajstić information content (AvgIpc) is 3.07. The Morgan fingerprint density at radius 1 is 1.18 bits per heavy atom. The Morgan fingerprint density at radius 3 is 2.61 bits per heavy atom. The molecule has 1 aromatic heterocycles. The summed E-state index contributed by atoms with van der Waals surface area (Å²) in [6, 6.07) is 6.33. The molecule has 0 saturated heterocycles. The molecule has 7 heteroatoms. The maximum absolute atomic E-state index is 12.1. The van der Waals surface area contributed by atoms with Crippen molar-refractivity contribution in [3.05, 3.63) is 35.5 Å². The molecule has 3 N–H and O–H groups in total. The van der Waals surface area contributed by atoms with Gasteiger partial charge in [0.2, 0.25) is 5.91 Å². The normalized spacial score (nSPS) is 11.2. The van der Waals surface area contributed by atoms with E-state index in [1.807, 2.05) is 25.7 Å². The van der Waals surface area contributed by atoms with Gasteiger partial charge in [0.25, 0.3) is 0 Å². The van der Waals surface area contributed by atoms with Gasteiger partial charge in [-0.1, -0.05) is 12.1 Å². The molecule has 1 amide bonds. The minimum Gasteiger partial charge on any atom is -0.361 e. The minimum absolute atomic E-state index is 0. The number of benzene rings is 1. The zero-order chi connectivity index (χ0) is 19.6. The van der Waals surface area contributed by atoms with E-state index in [4.69, 9.17) is 0 Å². The fourth-order valence-electron chi connectivity index (χ4n) is 3.30. The first kappa shape index (κ1) is 24.3.